The van der Waals surface area contributed by atoms with Gasteiger partial charge in [0.15, 0.2) is 0 Å². The highest BCUT2D eigenvalue weighted by Crippen LogP contribution is 2.10. The first-order chi connectivity index (χ1) is 7.66. The Hall–Kier alpha value is -1.88. The number of halogens is 1. The highest BCUT2D eigenvalue weighted by atomic mass is 35.5. The van der Waals surface area contributed by atoms with E-state index in [1.165, 1.54) is 4.68 Å². The zero-order valence-corrected chi connectivity index (χ0v) is 9.27. The van der Waals surface area contributed by atoms with E-state index in [-0.39, 0.29) is 5.91 Å². The van der Waals surface area contributed by atoms with Gasteiger partial charge in [0.1, 0.15) is 16.7 Å². The molecule has 16 heavy (non-hydrogen) atoms. The molecule has 0 aliphatic rings. The average Bonchev–Trinajstić information content (AvgIpc) is 2.64. The van der Waals surface area contributed by atoms with Crippen molar-refractivity contribution in [2.75, 3.05) is 5.32 Å². The van der Waals surface area contributed by atoms with Gasteiger partial charge in [0.2, 0.25) is 0 Å². The zero-order chi connectivity index (χ0) is 11.5. The molecule has 0 fully saturated rings. The number of amides is 1. The molecule has 0 unspecified atom stereocenters. The molecular formula is C10H9ClN4O. The fraction of sp³-hybridized carbons (Fsp3) is 0.100. The summed E-state index contributed by atoms with van der Waals surface area (Å²) in [7, 11) is 1.69. The number of aryl methyl sites for hydroxylation is 1. The van der Waals surface area contributed by atoms with Gasteiger partial charge in [-0.25, -0.2) is 4.98 Å². The monoisotopic (exact) mass is 236 g/mol. The van der Waals surface area contributed by atoms with Crippen LogP contribution in [0.3, 0.4) is 0 Å². The first-order valence-corrected chi connectivity index (χ1v) is 4.96. The summed E-state index contributed by atoms with van der Waals surface area (Å²) in [4.78, 5) is 15.7. The molecule has 2 rings (SSSR count). The molecule has 0 aliphatic heterocycles. The molecule has 0 saturated carbocycles. The Bertz CT molecular complexity index is 523. The van der Waals surface area contributed by atoms with Crippen LogP contribution >= 0.6 is 11.6 Å². The Morgan fingerprint density at radius 3 is 2.88 bits per heavy atom. The van der Waals surface area contributed by atoms with Crippen LogP contribution < -0.4 is 5.32 Å². The van der Waals surface area contributed by atoms with Crippen LogP contribution in [0.5, 0.6) is 0 Å². The maximum absolute atomic E-state index is 11.8. The number of nitrogens with one attached hydrogen (secondary N) is 1. The number of carbonyl (C=O) groups is 1. The number of rotatable bonds is 2. The summed E-state index contributed by atoms with van der Waals surface area (Å²) in [5.41, 5.74) is 0.460. The van der Waals surface area contributed by atoms with E-state index in [1.54, 1.807) is 37.5 Å². The van der Waals surface area contributed by atoms with Crippen molar-refractivity contribution in [1.29, 1.82) is 0 Å². The van der Waals surface area contributed by atoms with Crippen LogP contribution in [-0.4, -0.2) is 20.7 Å². The Balaban J connectivity index is 2.17. The predicted octanol–water partition coefficient (Wildman–Crippen LogP) is 1.72. The molecule has 0 spiro atoms. The van der Waals surface area contributed by atoms with Gasteiger partial charge in [0.05, 0.1) is 0 Å². The number of pyridine rings is 1. The van der Waals surface area contributed by atoms with Gasteiger partial charge < -0.3 is 5.32 Å². The Labute approximate surface area is 97.1 Å². The molecule has 2 aromatic rings. The van der Waals surface area contributed by atoms with E-state index in [4.69, 9.17) is 11.6 Å². The van der Waals surface area contributed by atoms with Crippen molar-refractivity contribution in [3.8, 4) is 0 Å². The molecule has 1 amide bonds. The zero-order valence-electron chi connectivity index (χ0n) is 8.51. The van der Waals surface area contributed by atoms with Crippen molar-refractivity contribution in [2.24, 2.45) is 7.05 Å². The summed E-state index contributed by atoms with van der Waals surface area (Å²) >= 11 is 5.70. The van der Waals surface area contributed by atoms with E-state index in [0.717, 1.165) is 0 Å². The van der Waals surface area contributed by atoms with Crippen molar-refractivity contribution < 1.29 is 4.79 Å². The molecular weight excluding hydrogens is 228 g/mol. The number of aromatic nitrogens is 3. The van der Waals surface area contributed by atoms with E-state index >= 15 is 0 Å². The second-order valence-electron chi connectivity index (χ2n) is 3.14. The van der Waals surface area contributed by atoms with Crippen LogP contribution in [0.4, 0.5) is 5.82 Å². The number of anilines is 1. The summed E-state index contributed by atoms with van der Waals surface area (Å²) in [5, 5.41) is 6.87. The lowest BCUT2D eigenvalue weighted by Crippen LogP contribution is -2.16. The van der Waals surface area contributed by atoms with Crippen LogP contribution in [0.15, 0.2) is 30.5 Å². The Morgan fingerprint density at radius 1 is 1.44 bits per heavy atom. The van der Waals surface area contributed by atoms with Gasteiger partial charge in [-0.05, 0) is 18.2 Å². The average molecular weight is 237 g/mol. The third kappa shape index (κ3) is 2.20. The molecule has 0 radical (unpaired) electrons. The predicted molar refractivity (Wildman–Crippen MR) is 60.4 cm³/mol. The SMILES string of the molecule is Cn1nccc1C(=O)Nc1cccc(Cl)n1. The summed E-state index contributed by atoms with van der Waals surface area (Å²) in [5.74, 6) is 0.147. The summed E-state index contributed by atoms with van der Waals surface area (Å²) in [6, 6.07) is 6.65. The van der Waals surface area contributed by atoms with Crippen molar-refractivity contribution in [3.05, 3.63) is 41.3 Å². The summed E-state index contributed by atoms with van der Waals surface area (Å²) < 4.78 is 1.49. The van der Waals surface area contributed by atoms with Crippen molar-refractivity contribution in [2.45, 2.75) is 0 Å². The second-order valence-corrected chi connectivity index (χ2v) is 3.53. The van der Waals surface area contributed by atoms with Gasteiger partial charge in [-0.1, -0.05) is 17.7 Å². The van der Waals surface area contributed by atoms with Gasteiger partial charge in [-0.3, -0.25) is 9.48 Å². The standard InChI is InChI=1S/C10H9ClN4O/c1-15-7(5-6-12-15)10(16)14-9-4-2-3-8(11)13-9/h2-6H,1H3,(H,13,14,16). The molecule has 0 aliphatic carbocycles. The molecule has 0 saturated heterocycles. The van der Waals surface area contributed by atoms with Gasteiger partial charge in [-0.2, -0.15) is 5.10 Å². The molecule has 0 aromatic carbocycles. The number of carbonyl (C=O) groups excluding carboxylic acids is 1. The summed E-state index contributed by atoms with van der Waals surface area (Å²) in [6.45, 7) is 0. The quantitative estimate of drug-likeness (QED) is 0.808. The maximum atomic E-state index is 11.8. The fourth-order valence-corrected chi connectivity index (χ4v) is 1.42. The lowest BCUT2D eigenvalue weighted by Gasteiger charge is -2.04. The maximum Gasteiger partial charge on any atom is 0.275 e. The third-order valence-corrected chi connectivity index (χ3v) is 2.22. The van der Waals surface area contributed by atoms with Gasteiger partial charge >= 0.3 is 0 Å². The molecule has 6 heteroatoms. The van der Waals surface area contributed by atoms with Crippen molar-refractivity contribution >= 4 is 23.3 Å². The topological polar surface area (TPSA) is 59.8 Å². The summed E-state index contributed by atoms with van der Waals surface area (Å²) in [6.07, 6.45) is 1.56. The van der Waals surface area contributed by atoms with Crippen LogP contribution in [0.25, 0.3) is 0 Å². The molecule has 82 valence electrons. The highest BCUT2D eigenvalue weighted by molar-refractivity contribution is 6.29. The molecule has 2 aromatic heterocycles. The lowest BCUT2D eigenvalue weighted by atomic mass is 10.4. The van der Waals surface area contributed by atoms with Gasteiger partial charge in [0.25, 0.3) is 5.91 Å². The van der Waals surface area contributed by atoms with E-state index in [1.807, 2.05) is 0 Å². The largest absolute Gasteiger partial charge is 0.305 e. The normalized spacial score (nSPS) is 10.1. The molecule has 2 heterocycles. The van der Waals surface area contributed by atoms with E-state index < -0.39 is 0 Å². The number of nitrogens with zero attached hydrogens (tertiary/aromatic N) is 3. The first-order valence-electron chi connectivity index (χ1n) is 4.59. The molecule has 1 N–H and O–H groups in total. The van der Waals surface area contributed by atoms with E-state index in [2.05, 4.69) is 15.4 Å². The van der Waals surface area contributed by atoms with Crippen LogP contribution in [-0.2, 0) is 7.05 Å². The molecule has 0 atom stereocenters. The second kappa shape index (κ2) is 4.32. The van der Waals surface area contributed by atoms with Crippen LogP contribution in [0.2, 0.25) is 5.15 Å². The molecule has 0 bridgehead atoms. The van der Waals surface area contributed by atoms with Gasteiger partial charge in [-0.15, -0.1) is 0 Å². The fourth-order valence-electron chi connectivity index (χ4n) is 1.25. The van der Waals surface area contributed by atoms with Crippen molar-refractivity contribution in [1.82, 2.24) is 14.8 Å². The van der Waals surface area contributed by atoms with E-state index in [0.29, 0.717) is 16.7 Å². The lowest BCUT2D eigenvalue weighted by molar-refractivity contribution is 0.101. The van der Waals surface area contributed by atoms with Gasteiger partial charge in [0, 0.05) is 13.2 Å². The number of hydrogen-bond donors (Lipinski definition) is 1. The first kappa shape index (κ1) is 10.6. The van der Waals surface area contributed by atoms with Crippen molar-refractivity contribution in [3.63, 3.8) is 0 Å². The van der Waals surface area contributed by atoms with Crippen LogP contribution in [0.1, 0.15) is 10.5 Å². The Morgan fingerprint density at radius 2 is 2.25 bits per heavy atom. The van der Waals surface area contributed by atoms with E-state index in [9.17, 15) is 4.79 Å². The minimum atomic E-state index is -0.269. The highest BCUT2D eigenvalue weighted by Gasteiger charge is 2.10. The van der Waals surface area contributed by atoms with Crippen LogP contribution in [0, 0.1) is 0 Å². The minimum Gasteiger partial charge on any atom is -0.305 e. The smallest absolute Gasteiger partial charge is 0.275 e. The number of hydrogen-bond acceptors (Lipinski definition) is 3. The molecule has 5 nitrogen and oxygen atoms in total. The minimum absolute atomic E-state index is 0.269. The third-order valence-electron chi connectivity index (χ3n) is 2.01. The Kier molecular flexibility index (Phi) is 2.87.